The van der Waals surface area contributed by atoms with Gasteiger partial charge in [-0.15, -0.1) is 0 Å². The lowest BCUT2D eigenvalue weighted by molar-refractivity contribution is 0.592. The minimum atomic E-state index is -0.189. The summed E-state index contributed by atoms with van der Waals surface area (Å²) in [6.07, 6.45) is 1.68. The smallest absolute Gasteiger partial charge is 0.126 e. The first-order valence-electron chi connectivity index (χ1n) is 4.87. The van der Waals surface area contributed by atoms with Crippen molar-refractivity contribution in [2.24, 2.45) is 11.5 Å². The van der Waals surface area contributed by atoms with Gasteiger partial charge in [-0.05, 0) is 43.5 Å². The van der Waals surface area contributed by atoms with E-state index in [1.54, 1.807) is 13.0 Å². The monoisotopic (exact) mass is 196 g/mol. The van der Waals surface area contributed by atoms with E-state index in [1.807, 2.05) is 6.07 Å². The van der Waals surface area contributed by atoms with Gasteiger partial charge in [0.25, 0.3) is 0 Å². The fraction of sp³-hybridized carbons (Fsp3) is 0.455. The summed E-state index contributed by atoms with van der Waals surface area (Å²) in [7, 11) is 0. The Morgan fingerprint density at radius 2 is 2.14 bits per heavy atom. The van der Waals surface area contributed by atoms with Crippen molar-refractivity contribution < 1.29 is 4.39 Å². The Morgan fingerprint density at radius 3 is 2.71 bits per heavy atom. The zero-order valence-corrected chi connectivity index (χ0v) is 8.46. The van der Waals surface area contributed by atoms with Gasteiger partial charge in [-0.3, -0.25) is 0 Å². The molecule has 1 atom stereocenters. The Bertz CT molecular complexity index is 299. The minimum Gasteiger partial charge on any atom is -0.330 e. The Labute approximate surface area is 84.1 Å². The van der Waals surface area contributed by atoms with Gasteiger partial charge in [0.2, 0.25) is 0 Å². The molecule has 2 nitrogen and oxygen atoms in total. The summed E-state index contributed by atoms with van der Waals surface area (Å²) in [5.74, 6) is -0.189. The zero-order chi connectivity index (χ0) is 10.6. The molecule has 0 aliphatic rings. The van der Waals surface area contributed by atoms with Crippen molar-refractivity contribution in [1.29, 1.82) is 0 Å². The number of aryl methyl sites for hydroxylation is 1. The summed E-state index contributed by atoms with van der Waals surface area (Å²) < 4.78 is 13.2. The molecular weight excluding hydrogens is 179 g/mol. The fourth-order valence-corrected chi connectivity index (χ4v) is 1.34. The Morgan fingerprint density at radius 1 is 1.43 bits per heavy atom. The number of halogens is 1. The van der Waals surface area contributed by atoms with Crippen LogP contribution in [0, 0.1) is 12.7 Å². The van der Waals surface area contributed by atoms with Crippen LogP contribution in [-0.2, 0) is 0 Å². The Kier molecular flexibility index (Phi) is 4.04. The second kappa shape index (κ2) is 5.08. The highest BCUT2D eigenvalue weighted by atomic mass is 19.1. The molecule has 0 heterocycles. The highest BCUT2D eigenvalue weighted by molar-refractivity contribution is 5.25. The third-order valence-electron chi connectivity index (χ3n) is 2.34. The number of hydrogen-bond acceptors (Lipinski definition) is 2. The van der Waals surface area contributed by atoms with E-state index in [0.717, 1.165) is 18.4 Å². The second-order valence-corrected chi connectivity index (χ2v) is 3.55. The van der Waals surface area contributed by atoms with E-state index in [2.05, 4.69) is 0 Å². The average Bonchev–Trinajstić information content (AvgIpc) is 2.18. The highest BCUT2D eigenvalue weighted by Gasteiger charge is 2.07. The highest BCUT2D eigenvalue weighted by Crippen LogP contribution is 2.18. The first-order chi connectivity index (χ1) is 6.65. The maximum atomic E-state index is 13.2. The summed E-state index contributed by atoms with van der Waals surface area (Å²) in [5, 5.41) is 0. The SMILES string of the molecule is Cc1ccc([C@H](N)CCCN)cc1F. The molecule has 0 aromatic heterocycles. The fourth-order valence-electron chi connectivity index (χ4n) is 1.34. The third kappa shape index (κ3) is 2.79. The van der Waals surface area contributed by atoms with Gasteiger partial charge in [-0.2, -0.15) is 0 Å². The summed E-state index contributed by atoms with van der Waals surface area (Å²) >= 11 is 0. The van der Waals surface area contributed by atoms with Crippen molar-refractivity contribution >= 4 is 0 Å². The molecule has 0 saturated heterocycles. The van der Waals surface area contributed by atoms with E-state index in [-0.39, 0.29) is 11.9 Å². The van der Waals surface area contributed by atoms with Crippen molar-refractivity contribution in [2.75, 3.05) is 6.54 Å². The van der Waals surface area contributed by atoms with Crippen LogP contribution in [0.5, 0.6) is 0 Å². The number of rotatable bonds is 4. The van der Waals surface area contributed by atoms with Gasteiger partial charge in [0, 0.05) is 6.04 Å². The minimum absolute atomic E-state index is 0.103. The topological polar surface area (TPSA) is 52.0 Å². The molecule has 0 aliphatic heterocycles. The maximum Gasteiger partial charge on any atom is 0.126 e. The standard InChI is InChI=1S/C11H17FN2/c1-8-4-5-9(7-10(8)12)11(14)3-2-6-13/h4-5,7,11H,2-3,6,13-14H2,1H3/t11-/m1/s1. The van der Waals surface area contributed by atoms with Gasteiger partial charge < -0.3 is 11.5 Å². The second-order valence-electron chi connectivity index (χ2n) is 3.55. The van der Waals surface area contributed by atoms with Gasteiger partial charge in [-0.25, -0.2) is 4.39 Å². The summed E-state index contributed by atoms with van der Waals surface area (Å²) in [6, 6.07) is 5.04. The molecule has 1 aromatic carbocycles. The van der Waals surface area contributed by atoms with Crippen LogP contribution in [0.3, 0.4) is 0 Å². The van der Waals surface area contributed by atoms with Gasteiger partial charge in [0.05, 0.1) is 0 Å². The Balaban J connectivity index is 2.70. The number of hydrogen-bond donors (Lipinski definition) is 2. The van der Waals surface area contributed by atoms with Crippen LogP contribution in [0.15, 0.2) is 18.2 Å². The predicted octanol–water partition coefficient (Wildman–Crippen LogP) is 1.87. The maximum absolute atomic E-state index is 13.2. The van der Waals surface area contributed by atoms with E-state index in [0.29, 0.717) is 12.1 Å². The van der Waals surface area contributed by atoms with Gasteiger partial charge in [0.15, 0.2) is 0 Å². The summed E-state index contributed by atoms with van der Waals surface area (Å²) in [4.78, 5) is 0. The lowest BCUT2D eigenvalue weighted by Gasteiger charge is -2.11. The molecule has 0 amide bonds. The van der Waals surface area contributed by atoms with Gasteiger partial charge in [-0.1, -0.05) is 12.1 Å². The normalized spacial score (nSPS) is 12.9. The van der Waals surface area contributed by atoms with Gasteiger partial charge >= 0.3 is 0 Å². The Hall–Kier alpha value is -0.930. The predicted molar refractivity (Wildman–Crippen MR) is 56.4 cm³/mol. The average molecular weight is 196 g/mol. The molecule has 0 fully saturated rings. The van der Waals surface area contributed by atoms with Crippen molar-refractivity contribution in [3.8, 4) is 0 Å². The molecule has 0 radical (unpaired) electrons. The molecule has 78 valence electrons. The lowest BCUT2D eigenvalue weighted by atomic mass is 10.0. The first kappa shape index (κ1) is 11.1. The van der Waals surface area contributed by atoms with Crippen molar-refractivity contribution in [3.63, 3.8) is 0 Å². The largest absolute Gasteiger partial charge is 0.330 e. The molecular formula is C11H17FN2. The van der Waals surface area contributed by atoms with E-state index in [4.69, 9.17) is 11.5 Å². The van der Waals surface area contributed by atoms with Crippen molar-refractivity contribution in [3.05, 3.63) is 35.1 Å². The van der Waals surface area contributed by atoms with E-state index >= 15 is 0 Å². The van der Waals surface area contributed by atoms with Gasteiger partial charge in [0.1, 0.15) is 5.82 Å². The quantitative estimate of drug-likeness (QED) is 0.772. The first-order valence-corrected chi connectivity index (χ1v) is 4.87. The van der Waals surface area contributed by atoms with E-state index in [1.165, 1.54) is 6.07 Å². The van der Waals surface area contributed by atoms with Crippen LogP contribution in [0.4, 0.5) is 4.39 Å². The molecule has 0 saturated carbocycles. The van der Waals surface area contributed by atoms with Crippen LogP contribution in [0.2, 0.25) is 0 Å². The molecule has 1 aromatic rings. The lowest BCUT2D eigenvalue weighted by Crippen LogP contribution is -2.12. The van der Waals surface area contributed by atoms with Crippen LogP contribution in [0.25, 0.3) is 0 Å². The summed E-state index contributed by atoms with van der Waals surface area (Å²) in [6.45, 7) is 2.37. The van der Waals surface area contributed by atoms with E-state index < -0.39 is 0 Å². The molecule has 14 heavy (non-hydrogen) atoms. The van der Waals surface area contributed by atoms with Crippen LogP contribution >= 0.6 is 0 Å². The number of benzene rings is 1. The molecule has 0 spiro atoms. The van der Waals surface area contributed by atoms with Crippen LogP contribution < -0.4 is 11.5 Å². The number of nitrogens with two attached hydrogens (primary N) is 2. The van der Waals surface area contributed by atoms with Crippen LogP contribution in [0.1, 0.15) is 30.0 Å². The molecule has 3 heteroatoms. The third-order valence-corrected chi connectivity index (χ3v) is 2.34. The zero-order valence-electron chi connectivity index (χ0n) is 8.46. The molecule has 1 rings (SSSR count). The summed E-state index contributed by atoms with van der Waals surface area (Å²) in [5.41, 5.74) is 12.8. The molecule has 0 unspecified atom stereocenters. The molecule has 0 bridgehead atoms. The van der Waals surface area contributed by atoms with E-state index in [9.17, 15) is 4.39 Å². The van der Waals surface area contributed by atoms with Crippen LogP contribution in [-0.4, -0.2) is 6.54 Å². The van der Waals surface area contributed by atoms with Crippen molar-refractivity contribution in [2.45, 2.75) is 25.8 Å². The molecule has 4 N–H and O–H groups in total. The van der Waals surface area contributed by atoms with Crippen molar-refractivity contribution in [1.82, 2.24) is 0 Å². The molecule has 0 aliphatic carbocycles.